The Morgan fingerprint density at radius 2 is 1.90 bits per heavy atom. The number of aryl methyl sites for hydroxylation is 1. The highest BCUT2D eigenvalue weighted by molar-refractivity contribution is 5.80. The Hall–Kier alpha value is -1.85. The normalized spacial score (nSPS) is 10.5. The minimum absolute atomic E-state index is 0.0271. The molecule has 20 heavy (non-hydrogen) atoms. The summed E-state index contributed by atoms with van der Waals surface area (Å²) in [5.74, 6) is 2.68. The summed E-state index contributed by atoms with van der Waals surface area (Å²) in [6, 6.07) is 0. The lowest BCUT2D eigenvalue weighted by molar-refractivity contribution is -0.119. The molecule has 112 valence electrons. The Morgan fingerprint density at radius 3 is 2.45 bits per heavy atom. The molecule has 0 saturated carbocycles. The summed E-state index contributed by atoms with van der Waals surface area (Å²) in [6.07, 6.45) is 0.753. The van der Waals surface area contributed by atoms with Crippen LogP contribution in [-0.2, 0) is 11.2 Å². The summed E-state index contributed by atoms with van der Waals surface area (Å²) >= 11 is 0. The van der Waals surface area contributed by atoms with Crippen LogP contribution in [0.15, 0.2) is 0 Å². The number of carbonyl (C=O) groups excluding carboxylic acids is 1. The first-order chi connectivity index (χ1) is 9.47. The van der Waals surface area contributed by atoms with Crippen LogP contribution < -0.4 is 16.0 Å². The highest BCUT2D eigenvalue weighted by atomic mass is 16.1. The predicted molar refractivity (Wildman–Crippen MR) is 82.0 cm³/mol. The van der Waals surface area contributed by atoms with Crippen molar-refractivity contribution in [2.75, 3.05) is 30.8 Å². The van der Waals surface area contributed by atoms with E-state index in [0.717, 1.165) is 23.6 Å². The molecular formula is C14H25N5O. The van der Waals surface area contributed by atoms with Crippen LogP contribution in [-0.4, -0.2) is 36.0 Å². The standard InChI is InChI=1S/C14H25N5O/c1-6-11-18-13(15-5)10(4)14(19-11)17-8-12(20)16-7-9(2)3/h9H,6-8H2,1-5H3,(H,16,20)(H2,15,17,18,19). The van der Waals surface area contributed by atoms with Gasteiger partial charge in [0.2, 0.25) is 5.91 Å². The van der Waals surface area contributed by atoms with Gasteiger partial charge in [0.05, 0.1) is 6.54 Å². The molecule has 1 aromatic heterocycles. The van der Waals surface area contributed by atoms with Crippen molar-refractivity contribution in [3.63, 3.8) is 0 Å². The van der Waals surface area contributed by atoms with Crippen LogP contribution in [0.25, 0.3) is 0 Å². The Labute approximate surface area is 120 Å². The maximum Gasteiger partial charge on any atom is 0.239 e. The maximum atomic E-state index is 11.7. The van der Waals surface area contributed by atoms with Crippen LogP contribution in [0.1, 0.15) is 32.2 Å². The molecule has 0 radical (unpaired) electrons. The molecule has 0 aliphatic rings. The van der Waals surface area contributed by atoms with E-state index in [1.165, 1.54) is 0 Å². The molecule has 1 heterocycles. The molecule has 0 aromatic carbocycles. The highest BCUT2D eigenvalue weighted by Crippen LogP contribution is 2.19. The zero-order chi connectivity index (χ0) is 15.1. The van der Waals surface area contributed by atoms with E-state index in [1.54, 1.807) is 0 Å². The van der Waals surface area contributed by atoms with Crippen molar-refractivity contribution >= 4 is 17.5 Å². The van der Waals surface area contributed by atoms with Gasteiger partial charge in [0, 0.05) is 25.6 Å². The van der Waals surface area contributed by atoms with E-state index < -0.39 is 0 Å². The fourth-order valence-corrected chi connectivity index (χ4v) is 1.68. The van der Waals surface area contributed by atoms with Crippen molar-refractivity contribution in [1.82, 2.24) is 15.3 Å². The number of nitrogens with zero attached hydrogens (tertiary/aromatic N) is 2. The summed E-state index contributed by atoms with van der Waals surface area (Å²) in [5, 5.41) is 9.00. The van der Waals surface area contributed by atoms with Crippen LogP contribution in [0.2, 0.25) is 0 Å². The van der Waals surface area contributed by atoms with Crippen LogP contribution in [0.5, 0.6) is 0 Å². The fourth-order valence-electron chi connectivity index (χ4n) is 1.68. The molecule has 0 bridgehead atoms. The average molecular weight is 279 g/mol. The third kappa shape index (κ3) is 4.68. The first-order valence-electron chi connectivity index (χ1n) is 7.03. The molecule has 0 aliphatic heterocycles. The van der Waals surface area contributed by atoms with Crippen LogP contribution in [0, 0.1) is 12.8 Å². The molecule has 0 atom stereocenters. The van der Waals surface area contributed by atoms with E-state index in [9.17, 15) is 4.79 Å². The van der Waals surface area contributed by atoms with Gasteiger partial charge in [-0.1, -0.05) is 20.8 Å². The van der Waals surface area contributed by atoms with E-state index in [0.29, 0.717) is 18.3 Å². The minimum Gasteiger partial charge on any atom is -0.373 e. The summed E-state index contributed by atoms with van der Waals surface area (Å²) in [6.45, 7) is 8.97. The molecule has 0 aliphatic carbocycles. The van der Waals surface area contributed by atoms with Crippen LogP contribution in [0.4, 0.5) is 11.6 Å². The second-order valence-corrected chi connectivity index (χ2v) is 5.12. The van der Waals surface area contributed by atoms with Crippen molar-refractivity contribution in [3.8, 4) is 0 Å². The quantitative estimate of drug-likeness (QED) is 0.706. The molecule has 0 saturated heterocycles. The highest BCUT2D eigenvalue weighted by Gasteiger charge is 2.10. The number of hydrogen-bond acceptors (Lipinski definition) is 5. The Balaban J connectivity index is 2.69. The molecule has 0 spiro atoms. The minimum atomic E-state index is -0.0271. The fraction of sp³-hybridized carbons (Fsp3) is 0.643. The molecule has 1 amide bonds. The number of carbonyl (C=O) groups is 1. The molecule has 3 N–H and O–H groups in total. The zero-order valence-corrected chi connectivity index (χ0v) is 13.0. The van der Waals surface area contributed by atoms with Gasteiger partial charge < -0.3 is 16.0 Å². The predicted octanol–water partition coefficient (Wildman–Crippen LogP) is 1.57. The lowest BCUT2D eigenvalue weighted by atomic mass is 10.2. The van der Waals surface area contributed by atoms with Gasteiger partial charge >= 0.3 is 0 Å². The third-order valence-corrected chi connectivity index (χ3v) is 2.87. The number of hydrogen-bond donors (Lipinski definition) is 3. The Morgan fingerprint density at radius 1 is 1.25 bits per heavy atom. The van der Waals surface area contributed by atoms with Crippen molar-refractivity contribution in [1.29, 1.82) is 0 Å². The topological polar surface area (TPSA) is 78.9 Å². The monoisotopic (exact) mass is 279 g/mol. The number of anilines is 2. The Bertz CT molecular complexity index is 459. The van der Waals surface area contributed by atoms with E-state index in [1.807, 2.05) is 20.9 Å². The summed E-state index contributed by atoms with van der Waals surface area (Å²) in [5.41, 5.74) is 0.918. The SMILES string of the molecule is CCc1nc(NC)c(C)c(NCC(=O)NCC(C)C)n1. The molecular weight excluding hydrogens is 254 g/mol. The van der Waals surface area contributed by atoms with E-state index in [-0.39, 0.29) is 12.5 Å². The first kappa shape index (κ1) is 16.2. The third-order valence-electron chi connectivity index (χ3n) is 2.87. The first-order valence-corrected chi connectivity index (χ1v) is 7.03. The number of rotatable bonds is 7. The van der Waals surface area contributed by atoms with Gasteiger partial charge in [-0.2, -0.15) is 0 Å². The summed E-state index contributed by atoms with van der Waals surface area (Å²) in [4.78, 5) is 20.5. The molecule has 1 aromatic rings. The van der Waals surface area contributed by atoms with Gasteiger partial charge in [-0.05, 0) is 12.8 Å². The van der Waals surface area contributed by atoms with Gasteiger partial charge in [0.25, 0.3) is 0 Å². The second kappa shape index (κ2) is 7.67. The van der Waals surface area contributed by atoms with Gasteiger partial charge in [-0.25, -0.2) is 9.97 Å². The van der Waals surface area contributed by atoms with Crippen LogP contribution in [0.3, 0.4) is 0 Å². The average Bonchev–Trinajstić information content (AvgIpc) is 2.43. The second-order valence-electron chi connectivity index (χ2n) is 5.12. The van der Waals surface area contributed by atoms with E-state index in [4.69, 9.17) is 0 Å². The molecule has 0 fully saturated rings. The van der Waals surface area contributed by atoms with Gasteiger partial charge in [-0.3, -0.25) is 4.79 Å². The zero-order valence-electron chi connectivity index (χ0n) is 13.0. The van der Waals surface area contributed by atoms with E-state index in [2.05, 4.69) is 39.8 Å². The lowest BCUT2D eigenvalue weighted by Crippen LogP contribution is -2.32. The van der Waals surface area contributed by atoms with Crippen molar-refractivity contribution < 1.29 is 4.79 Å². The molecule has 1 rings (SSSR count). The Kier molecular flexibility index (Phi) is 6.21. The lowest BCUT2D eigenvalue weighted by Gasteiger charge is -2.13. The van der Waals surface area contributed by atoms with E-state index >= 15 is 0 Å². The van der Waals surface area contributed by atoms with Crippen molar-refractivity contribution in [2.24, 2.45) is 5.92 Å². The van der Waals surface area contributed by atoms with Gasteiger partial charge in [0.1, 0.15) is 17.5 Å². The van der Waals surface area contributed by atoms with Crippen molar-refractivity contribution in [3.05, 3.63) is 11.4 Å². The number of nitrogens with one attached hydrogen (secondary N) is 3. The molecule has 0 unspecified atom stereocenters. The largest absolute Gasteiger partial charge is 0.373 e. The number of amides is 1. The van der Waals surface area contributed by atoms with Gasteiger partial charge in [0.15, 0.2) is 0 Å². The summed E-state index contributed by atoms with van der Waals surface area (Å²) < 4.78 is 0. The number of aromatic nitrogens is 2. The smallest absolute Gasteiger partial charge is 0.239 e. The molecule has 6 heteroatoms. The molecule has 6 nitrogen and oxygen atoms in total. The summed E-state index contributed by atoms with van der Waals surface area (Å²) in [7, 11) is 1.83. The van der Waals surface area contributed by atoms with Crippen LogP contribution >= 0.6 is 0 Å². The van der Waals surface area contributed by atoms with Crippen molar-refractivity contribution in [2.45, 2.75) is 34.1 Å². The van der Waals surface area contributed by atoms with Gasteiger partial charge in [-0.15, -0.1) is 0 Å². The maximum absolute atomic E-state index is 11.7.